The van der Waals surface area contributed by atoms with Gasteiger partial charge in [0.05, 0.1) is 20.3 Å². The lowest BCUT2D eigenvalue weighted by atomic mass is 10.2. The normalized spacial score (nSPS) is 10.9. The molecule has 6 nitrogen and oxygen atoms in total. The molecule has 2 aromatic rings. The first-order valence-corrected chi connectivity index (χ1v) is 7.04. The topological polar surface area (TPSA) is 101 Å². The number of nitro groups is 1. The van der Waals surface area contributed by atoms with E-state index >= 15 is 0 Å². The highest BCUT2D eigenvalue weighted by Crippen LogP contribution is 2.27. The summed E-state index contributed by atoms with van der Waals surface area (Å²) in [6.07, 6.45) is 0. The zero-order valence-electron chi connectivity index (χ0n) is 10.4. The quantitative estimate of drug-likeness (QED) is 0.492. The van der Waals surface area contributed by atoms with Gasteiger partial charge in [-0.15, -0.1) is 0 Å². The molecule has 8 heteroatoms. The number of halogens is 1. The first kappa shape index (κ1) is 14.6. The highest BCUT2D eigenvalue weighted by molar-refractivity contribution is 7.91. The third-order valence-corrected chi connectivity index (χ3v) is 4.52. The minimum Gasteiger partial charge on any atom is -0.258 e. The lowest BCUT2D eigenvalue weighted by Gasteiger charge is -2.06. The Morgan fingerprint density at radius 2 is 1.76 bits per heavy atom. The van der Waals surface area contributed by atoms with E-state index in [9.17, 15) is 22.9 Å². The van der Waals surface area contributed by atoms with Gasteiger partial charge in [-0.05, 0) is 30.3 Å². The smallest absolute Gasteiger partial charge is 0.258 e. The van der Waals surface area contributed by atoms with Gasteiger partial charge < -0.3 is 0 Å². The van der Waals surface area contributed by atoms with Crippen molar-refractivity contribution in [2.45, 2.75) is 9.79 Å². The van der Waals surface area contributed by atoms with Gasteiger partial charge in [-0.2, -0.15) is 5.26 Å². The molecule has 0 unspecified atom stereocenters. The molecule has 0 aliphatic heterocycles. The second-order valence-electron chi connectivity index (χ2n) is 4.01. The lowest BCUT2D eigenvalue weighted by Crippen LogP contribution is -2.05. The fourth-order valence-corrected chi connectivity index (χ4v) is 3.11. The third kappa shape index (κ3) is 2.73. The number of nitrogens with zero attached hydrogens (tertiary/aromatic N) is 2. The van der Waals surface area contributed by atoms with E-state index in [0.29, 0.717) is 0 Å². The number of nitro benzene ring substituents is 1. The maximum absolute atomic E-state index is 12.9. The fraction of sp³-hybridized carbons (Fsp3) is 0. The molecule has 106 valence electrons. The van der Waals surface area contributed by atoms with Gasteiger partial charge >= 0.3 is 0 Å². The SMILES string of the molecule is N#Cc1ccc([N+](=O)[O-])cc1S(=O)(=O)c1ccc(F)cc1. The average molecular weight is 306 g/mol. The van der Waals surface area contributed by atoms with Crippen molar-refractivity contribution in [3.05, 3.63) is 64.0 Å². The molecule has 21 heavy (non-hydrogen) atoms. The summed E-state index contributed by atoms with van der Waals surface area (Å²) in [4.78, 5) is 9.25. The summed E-state index contributed by atoms with van der Waals surface area (Å²) in [5.41, 5.74) is -0.667. The first-order chi connectivity index (χ1) is 9.86. The summed E-state index contributed by atoms with van der Waals surface area (Å²) in [5.74, 6) is -0.617. The Bertz CT molecular complexity index is 855. The maximum Gasteiger partial charge on any atom is 0.270 e. The Morgan fingerprint density at radius 3 is 2.29 bits per heavy atom. The summed E-state index contributed by atoms with van der Waals surface area (Å²) in [6, 6.07) is 8.57. The Labute approximate surface area is 119 Å². The van der Waals surface area contributed by atoms with Gasteiger partial charge in [-0.1, -0.05) is 0 Å². The van der Waals surface area contributed by atoms with Gasteiger partial charge in [0.15, 0.2) is 0 Å². The van der Waals surface area contributed by atoms with E-state index in [-0.39, 0.29) is 10.5 Å². The molecule has 0 aliphatic rings. The van der Waals surface area contributed by atoms with Gasteiger partial charge in [0, 0.05) is 12.1 Å². The third-order valence-electron chi connectivity index (χ3n) is 2.71. The van der Waals surface area contributed by atoms with Crippen molar-refractivity contribution in [2.24, 2.45) is 0 Å². The minimum absolute atomic E-state index is 0.218. The van der Waals surface area contributed by atoms with Crippen LogP contribution in [0.5, 0.6) is 0 Å². The Balaban J connectivity index is 2.69. The number of benzene rings is 2. The molecule has 0 atom stereocenters. The average Bonchev–Trinajstić information content (AvgIpc) is 2.46. The summed E-state index contributed by atoms with van der Waals surface area (Å²) < 4.78 is 37.7. The monoisotopic (exact) mass is 306 g/mol. The van der Waals surface area contributed by atoms with Crippen molar-refractivity contribution in [3.8, 4) is 6.07 Å². The minimum atomic E-state index is -4.15. The molecule has 0 radical (unpaired) electrons. The van der Waals surface area contributed by atoms with Crippen LogP contribution in [0.4, 0.5) is 10.1 Å². The van der Waals surface area contributed by atoms with Gasteiger partial charge in [-0.25, -0.2) is 12.8 Å². The van der Waals surface area contributed by atoms with E-state index in [2.05, 4.69) is 0 Å². The number of hydrogen-bond donors (Lipinski definition) is 0. The molecular weight excluding hydrogens is 299 g/mol. The zero-order chi connectivity index (χ0) is 15.6. The second kappa shape index (κ2) is 5.30. The van der Waals surface area contributed by atoms with Crippen LogP contribution in [-0.4, -0.2) is 13.3 Å². The maximum atomic E-state index is 12.9. The van der Waals surface area contributed by atoms with E-state index < -0.39 is 31.2 Å². The number of non-ortho nitro benzene ring substituents is 1. The Hall–Kier alpha value is -2.79. The van der Waals surface area contributed by atoms with Crippen molar-refractivity contribution in [1.29, 1.82) is 5.26 Å². The number of sulfone groups is 1. The molecule has 0 heterocycles. The molecule has 0 spiro atoms. The van der Waals surface area contributed by atoms with E-state index in [0.717, 1.165) is 42.5 Å². The van der Waals surface area contributed by atoms with Crippen LogP contribution in [0.15, 0.2) is 52.3 Å². The van der Waals surface area contributed by atoms with Crippen LogP contribution in [0.2, 0.25) is 0 Å². The highest BCUT2D eigenvalue weighted by atomic mass is 32.2. The number of hydrogen-bond acceptors (Lipinski definition) is 5. The molecule has 0 aromatic heterocycles. The summed E-state index contributed by atoms with van der Waals surface area (Å²) in [7, 11) is -4.15. The van der Waals surface area contributed by atoms with Crippen molar-refractivity contribution in [1.82, 2.24) is 0 Å². The first-order valence-electron chi connectivity index (χ1n) is 5.55. The van der Waals surface area contributed by atoms with Crippen LogP contribution in [0, 0.1) is 27.3 Å². The molecule has 0 bridgehead atoms. The van der Waals surface area contributed by atoms with Crippen LogP contribution < -0.4 is 0 Å². The van der Waals surface area contributed by atoms with E-state index in [1.807, 2.05) is 0 Å². The van der Waals surface area contributed by atoms with Crippen LogP contribution in [0.1, 0.15) is 5.56 Å². The van der Waals surface area contributed by atoms with Crippen LogP contribution in [-0.2, 0) is 9.84 Å². The standard InChI is InChI=1S/C13H7FN2O4S/c14-10-2-5-12(6-3-10)21(19,20)13-7-11(16(17)18)4-1-9(13)8-15/h1-7H. The van der Waals surface area contributed by atoms with E-state index in [1.54, 1.807) is 6.07 Å². The Kier molecular flexibility index (Phi) is 3.69. The molecule has 0 aliphatic carbocycles. The predicted molar refractivity (Wildman–Crippen MR) is 69.7 cm³/mol. The summed E-state index contributed by atoms with van der Waals surface area (Å²) in [5, 5.41) is 19.7. The molecule has 0 N–H and O–H groups in total. The van der Waals surface area contributed by atoms with Gasteiger partial charge in [0.1, 0.15) is 11.9 Å². The molecule has 2 rings (SSSR count). The van der Waals surface area contributed by atoms with E-state index in [4.69, 9.17) is 5.26 Å². The van der Waals surface area contributed by atoms with Crippen LogP contribution in [0.3, 0.4) is 0 Å². The predicted octanol–water partition coefficient (Wildman–Crippen LogP) is 2.44. The van der Waals surface area contributed by atoms with Crippen molar-refractivity contribution in [2.75, 3.05) is 0 Å². The molecule has 0 amide bonds. The molecule has 0 fully saturated rings. The molecule has 2 aromatic carbocycles. The largest absolute Gasteiger partial charge is 0.270 e. The van der Waals surface area contributed by atoms with Crippen LogP contribution >= 0.6 is 0 Å². The fourth-order valence-electron chi connectivity index (χ4n) is 1.68. The van der Waals surface area contributed by atoms with Crippen molar-refractivity contribution < 1.29 is 17.7 Å². The van der Waals surface area contributed by atoms with Crippen LogP contribution in [0.25, 0.3) is 0 Å². The summed E-state index contributed by atoms with van der Waals surface area (Å²) in [6.45, 7) is 0. The number of rotatable bonds is 3. The molecular formula is C13H7FN2O4S. The van der Waals surface area contributed by atoms with Gasteiger partial charge in [0.2, 0.25) is 9.84 Å². The van der Waals surface area contributed by atoms with Gasteiger partial charge in [0.25, 0.3) is 5.69 Å². The zero-order valence-corrected chi connectivity index (χ0v) is 11.2. The van der Waals surface area contributed by atoms with Gasteiger partial charge in [-0.3, -0.25) is 10.1 Å². The van der Waals surface area contributed by atoms with Crippen molar-refractivity contribution in [3.63, 3.8) is 0 Å². The Morgan fingerprint density at radius 1 is 1.14 bits per heavy atom. The van der Waals surface area contributed by atoms with Crippen molar-refractivity contribution >= 4 is 15.5 Å². The lowest BCUT2D eigenvalue weighted by molar-refractivity contribution is -0.385. The molecule has 0 saturated heterocycles. The number of nitriles is 1. The van der Waals surface area contributed by atoms with E-state index in [1.165, 1.54) is 0 Å². The summed E-state index contributed by atoms with van der Waals surface area (Å²) >= 11 is 0. The second-order valence-corrected chi connectivity index (χ2v) is 5.92. The highest BCUT2D eigenvalue weighted by Gasteiger charge is 2.24. The molecule has 0 saturated carbocycles.